The van der Waals surface area contributed by atoms with Crippen LogP contribution in [0.1, 0.15) is 0 Å². The summed E-state index contributed by atoms with van der Waals surface area (Å²) >= 11 is 3.37. The summed E-state index contributed by atoms with van der Waals surface area (Å²) in [6.45, 7) is 0. The van der Waals surface area contributed by atoms with Gasteiger partial charge in [0.25, 0.3) is 0 Å². The maximum atomic E-state index is 12.5. The Kier molecular flexibility index (Phi) is 3.64. The molecular formula is C13H12BrNOS. The van der Waals surface area contributed by atoms with Crippen molar-refractivity contribution in [2.75, 3.05) is 6.26 Å². The first-order chi connectivity index (χ1) is 8.08. The smallest absolute Gasteiger partial charge is 0.0771 e. The van der Waals surface area contributed by atoms with Crippen LogP contribution in [0.25, 0.3) is 0 Å². The van der Waals surface area contributed by atoms with E-state index in [0.29, 0.717) is 0 Å². The third-order valence-electron chi connectivity index (χ3n) is 2.27. The molecule has 0 unspecified atom stereocenters. The number of hydrogen-bond donors (Lipinski definition) is 0. The highest BCUT2D eigenvalue weighted by molar-refractivity contribution is 9.10. The monoisotopic (exact) mass is 309 g/mol. The van der Waals surface area contributed by atoms with Gasteiger partial charge in [-0.2, -0.15) is 4.36 Å². The quantitative estimate of drug-likeness (QED) is 0.816. The first-order valence-corrected chi connectivity index (χ1v) is 7.82. The Labute approximate surface area is 110 Å². The van der Waals surface area contributed by atoms with E-state index in [9.17, 15) is 4.21 Å². The van der Waals surface area contributed by atoms with Gasteiger partial charge in [0.1, 0.15) is 0 Å². The van der Waals surface area contributed by atoms with Gasteiger partial charge < -0.3 is 0 Å². The van der Waals surface area contributed by atoms with E-state index in [1.54, 1.807) is 6.26 Å². The number of halogens is 1. The van der Waals surface area contributed by atoms with Crippen LogP contribution in [0.2, 0.25) is 0 Å². The van der Waals surface area contributed by atoms with Crippen LogP contribution in [0.5, 0.6) is 0 Å². The van der Waals surface area contributed by atoms with Crippen molar-refractivity contribution < 1.29 is 4.21 Å². The molecule has 0 saturated heterocycles. The fourth-order valence-corrected chi connectivity index (χ4v) is 3.13. The van der Waals surface area contributed by atoms with E-state index < -0.39 is 9.73 Å². The van der Waals surface area contributed by atoms with Gasteiger partial charge in [0.05, 0.1) is 15.4 Å². The van der Waals surface area contributed by atoms with Gasteiger partial charge in [-0.05, 0) is 30.3 Å². The molecule has 0 aliphatic heterocycles. The van der Waals surface area contributed by atoms with Crippen molar-refractivity contribution in [1.29, 1.82) is 0 Å². The van der Waals surface area contributed by atoms with Gasteiger partial charge in [-0.3, -0.25) is 0 Å². The van der Waals surface area contributed by atoms with Crippen LogP contribution in [-0.4, -0.2) is 10.5 Å². The second-order valence-corrected chi connectivity index (χ2v) is 6.86. The van der Waals surface area contributed by atoms with E-state index in [4.69, 9.17) is 0 Å². The highest BCUT2D eigenvalue weighted by Crippen LogP contribution is 2.22. The number of hydrogen-bond acceptors (Lipinski definition) is 2. The predicted molar refractivity (Wildman–Crippen MR) is 75.0 cm³/mol. The largest absolute Gasteiger partial charge is 0.245 e. The maximum Gasteiger partial charge on any atom is 0.0771 e. The van der Waals surface area contributed by atoms with E-state index in [1.165, 1.54) is 0 Å². The second kappa shape index (κ2) is 5.02. The maximum absolute atomic E-state index is 12.5. The van der Waals surface area contributed by atoms with Crippen LogP contribution in [0.3, 0.4) is 0 Å². The molecule has 2 aromatic rings. The Hall–Kier alpha value is -1.13. The number of benzene rings is 2. The van der Waals surface area contributed by atoms with Crippen molar-refractivity contribution in [3.8, 4) is 0 Å². The minimum absolute atomic E-state index is 0.718. The second-order valence-electron chi connectivity index (χ2n) is 3.69. The van der Waals surface area contributed by atoms with Gasteiger partial charge in [-0.1, -0.05) is 40.2 Å². The van der Waals surface area contributed by atoms with Gasteiger partial charge >= 0.3 is 0 Å². The third kappa shape index (κ3) is 3.17. The molecule has 0 fully saturated rings. The molecule has 0 spiro atoms. The lowest BCUT2D eigenvalue weighted by Crippen LogP contribution is -1.95. The molecule has 17 heavy (non-hydrogen) atoms. The summed E-state index contributed by atoms with van der Waals surface area (Å²) in [5.74, 6) is 0. The van der Waals surface area contributed by atoms with E-state index in [1.807, 2.05) is 54.6 Å². The zero-order chi connectivity index (χ0) is 12.3. The zero-order valence-corrected chi connectivity index (χ0v) is 11.7. The van der Waals surface area contributed by atoms with Crippen LogP contribution in [-0.2, 0) is 9.73 Å². The average molecular weight is 310 g/mol. The first-order valence-electron chi connectivity index (χ1n) is 5.11. The summed E-state index contributed by atoms with van der Waals surface area (Å²) in [5, 5.41) is 0. The fourth-order valence-electron chi connectivity index (χ4n) is 1.46. The molecule has 0 aromatic heterocycles. The molecule has 0 radical (unpaired) electrons. The number of rotatable bonds is 2. The molecule has 0 saturated carbocycles. The molecule has 2 nitrogen and oxygen atoms in total. The Bertz CT molecular complexity index is 631. The van der Waals surface area contributed by atoms with Crippen molar-refractivity contribution in [1.82, 2.24) is 0 Å². The normalized spacial score (nSPS) is 14.0. The standard InChI is InChI=1S/C13H12BrNOS/c1-17(16,13-8-3-2-4-9-13)15-12-7-5-6-11(14)10-12/h2-10H,1H3/t17-/m0/s1. The summed E-state index contributed by atoms with van der Waals surface area (Å²) in [4.78, 5) is 0.750. The molecule has 0 N–H and O–H groups in total. The Morgan fingerprint density at radius 1 is 1.06 bits per heavy atom. The predicted octanol–water partition coefficient (Wildman–Crippen LogP) is 4.24. The Morgan fingerprint density at radius 2 is 1.76 bits per heavy atom. The van der Waals surface area contributed by atoms with E-state index in [-0.39, 0.29) is 0 Å². The molecule has 0 aliphatic carbocycles. The topological polar surface area (TPSA) is 29.4 Å². The van der Waals surface area contributed by atoms with Crippen molar-refractivity contribution in [2.24, 2.45) is 4.36 Å². The van der Waals surface area contributed by atoms with Crippen molar-refractivity contribution >= 4 is 31.3 Å². The van der Waals surface area contributed by atoms with E-state index >= 15 is 0 Å². The molecule has 0 aliphatic rings. The molecule has 0 amide bonds. The minimum atomic E-state index is -2.38. The first kappa shape index (κ1) is 12.3. The van der Waals surface area contributed by atoms with Crippen LogP contribution >= 0.6 is 15.9 Å². The summed E-state index contributed by atoms with van der Waals surface area (Å²) < 4.78 is 17.7. The molecular weight excluding hydrogens is 298 g/mol. The van der Waals surface area contributed by atoms with Gasteiger partial charge in [-0.25, -0.2) is 4.21 Å². The van der Waals surface area contributed by atoms with Gasteiger partial charge in [0.2, 0.25) is 0 Å². The van der Waals surface area contributed by atoms with Crippen LogP contribution in [0.15, 0.2) is 68.3 Å². The SMILES string of the molecule is C[S@@](=O)(=Nc1cccc(Br)c1)c1ccccc1. The molecule has 2 rings (SSSR count). The van der Waals surface area contributed by atoms with Crippen LogP contribution in [0, 0.1) is 0 Å². The Morgan fingerprint density at radius 3 is 2.41 bits per heavy atom. The summed E-state index contributed by atoms with van der Waals surface area (Å²) in [5.41, 5.74) is 0.718. The average Bonchev–Trinajstić information content (AvgIpc) is 2.29. The lowest BCUT2D eigenvalue weighted by Gasteiger charge is -2.04. The molecule has 0 heterocycles. The summed E-state index contributed by atoms with van der Waals surface area (Å²) in [7, 11) is -2.38. The van der Waals surface area contributed by atoms with Crippen LogP contribution < -0.4 is 0 Å². The van der Waals surface area contributed by atoms with Crippen molar-refractivity contribution in [2.45, 2.75) is 4.90 Å². The minimum Gasteiger partial charge on any atom is -0.245 e. The molecule has 88 valence electrons. The number of nitrogens with zero attached hydrogens (tertiary/aromatic N) is 1. The highest BCUT2D eigenvalue weighted by atomic mass is 79.9. The van der Waals surface area contributed by atoms with Gasteiger partial charge in [-0.15, -0.1) is 0 Å². The van der Waals surface area contributed by atoms with Crippen molar-refractivity contribution in [3.05, 3.63) is 59.1 Å². The highest BCUT2D eigenvalue weighted by Gasteiger charge is 2.05. The summed E-state index contributed by atoms with van der Waals surface area (Å²) in [6, 6.07) is 16.8. The van der Waals surface area contributed by atoms with Crippen LogP contribution in [0.4, 0.5) is 5.69 Å². The zero-order valence-electron chi connectivity index (χ0n) is 9.34. The molecule has 0 bridgehead atoms. The molecule has 1 atom stereocenters. The van der Waals surface area contributed by atoms with Crippen molar-refractivity contribution in [3.63, 3.8) is 0 Å². The molecule has 2 aromatic carbocycles. The van der Waals surface area contributed by atoms with E-state index in [2.05, 4.69) is 20.3 Å². The lowest BCUT2D eigenvalue weighted by molar-refractivity contribution is 0.681. The lowest BCUT2D eigenvalue weighted by atomic mass is 10.3. The fraction of sp³-hybridized carbons (Fsp3) is 0.0769. The molecule has 4 heteroatoms. The summed E-state index contributed by atoms with van der Waals surface area (Å²) in [6.07, 6.45) is 1.66. The van der Waals surface area contributed by atoms with Gasteiger partial charge in [0.15, 0.2) is 0 Å². The van der Waals surface area contributed by atoms with Gasteiger partial charge in [0, 0.05) is 15.6 Å². The third-order valence-corrected chi connectivity index (χ3v) is 4.47. The Balaban J connectivity index is 2.49. The van der Waals surface area contributed by atoms with E-state index in [0.717, 1.165) is 15.1 Å².